The summed E-state index contributed by atoms with van der Waals surface area (Å²) in [4.78, 5) is 12.9. The first-order chi connectivity index (χ1) is 14.3. The molecule has 0 aliphatic rings. The Balaban J connectivity index is 1.75. The third-order valence-corrected chi connectivity index (χ3v) is 5.31. The number of hydrazone groups is 1. The maximum Gasteiger partial charge on any atom is 0.295 e. The van der Waals surface area contributed by atoms with Gasteiger partial charge in [0, 0.05) is 7.05 Å². The second-order valence-electron chi connectivity index (χ2n) is 7.48. The van der Waals surface area contributed by atoms with Gasteiger partial charge in [-0.3, -0.25) is 14.9 Å². The summed E-state index contributed by atoms with van der Waals surface area (Å²) < 4.78 is 3.40. The number of rotatable bonds is 5. The van der Waals surface area contributed by atoms with Gasteiger partial charge in [-0.15, -0.1) is 0 Å². The monoisotopic (exact) mass is 421 g/mol. The van der Waals surface area contributed by atoms with Gasteiger partial charge in [-0.05, 0) is 55.2 Å². The van der Waals surface area contributed by atoms with Crippen molar-refractivity contribution in [3.8, 4) is 5.69 Å². The van der Waals surface area contributed by atoms with Gasteiger partial charge in [-0.1, -0.05) is 56.3 Å². The molecular weight excluding hydrogens is 394 g/mol. The van der Waals surface area contributed by atoms with Gasteiger partial charge in [0.15, 0.2) is 5.11 Å². The number of para-hydroxylation sites is 1. The first-order valence-corrected chi connectivity index (χ1v) is 10.3. The number of hydrogen-bond acceptors (Lipinski definition) is 3. The lowest BCUT2D eigenvalue weighted by Crippen LogP contribution is -2.28. The maximum atomic E-state index is 12.9. The second kappa shape index (κ2) is 9.09. The van der Waals surface area contributed by atoms with Crippen molar-refractivity contribution < 1.29 is 0 Å². The van der Waals surface area contributed by atoms with Crippen molar-refractivity contribution in [2.75, 3.05) is 5.32 Å². The number of hydrogen-bond donors (Lipinski definition) is 2. The summed E-state index contributed by atoms with van der Waals surface area (Å²) in [5.74, 6) is 0.486. The summed E-state index contributed by atoms with van der Waals surface area (Å²) in [5, 5.41) is 7.62. The summed E-state index contributed by atoms with van der Waals surface area (Å²) in [6.45, 7) is 8.12. The first kappa shape index (κ1) is 21.5. The molecule has 7 heteroatoms. The van der Waals surface area contributed by atoms with Crippen LogP contribution in [-0.4, -0.2) is 20.2 Å². The van der Waals surface area contributed by atoms with E-state index >= 15 is 0 Å². The molecular formula is C23H27N5OS. The number of anilines is 1. The van der Waals surface area contributed by atoms with Crippen LogP contribution in [0.4, 0.5) is 5.69 Å². The Labute approximate surface area is 182 Å². The summed E-state index contributed by atoms with van der Waals surface area (Å²) in [6.07, 6.45) is 0. The van der Waals surface area contributed by atoms with E-state index < -0.39 is 0 Å². The third kappa shape index (κ3) is 4.52. The Morgan fingerprint density at radius 1 is 1.07 bits per heavy atom. The van der Waals surface area contributed by atoms with Crippen LogP contribution >= 0.6 is 12.2 Å². The largest absolute Gasteiger partial charge is 0.325 e. The van der Waals surface area contributed by atoms with E-state index in [4.69, 9.17) is 12.2 Å². The fourth-order valence-electron chi connectivity index (χ4n) is 3.16. The van der Waals surface area contributed by atoms with Gasteiger partial charge in [0.05, 0.1) is 17.1 Å². The molecule has 0 bridgehead atoms. The number of aromatic nitrogens is 2. The molecule has 0 unspecified atom stereocenters. The van der Waals surface area contributed by atoms with E-state index in [0.29, 0.717) is 11.6 Å². The van der Waals surface area contributed by atoms with Crippen molar-refractivity contribution in [3.05, 3.63) is 81.8 Å². The summed E-state index contributed by atoms with van der Waals surface area (Å²) >= 11 is 5.36. The van der Waals surface area contributed by atoms with E-state index in [1.165, 1.54) is 5.56 Å². The smallest absolute Gasteiger partial charge is 0.295 e. The molecule has 0 aliphatic heterocycles. The molecule has 30 heavy (non-hydrogen) atoms. The lowest BCUT2D eigenvalue weighted by Gasteiger charge is -2.09. The van der Waals surface area contributed by atoms with Crippen molar-refractivity contribution in [3.63, 3.8) is 0 Å². The molecule has 0 amide bonds. The lowest BCUT2D eigenvalue weighted by molar-refractivity contribution is 0.630. The highest BCUT2D eigenvalue weighted by molar-refractivity contribution is 7.80. The van der Waals surface area contributed by atoms with Gasteiger partial charge >= 0.3 is 0 Å². The molecule has 6 nitrogen and oxygen atoms in total. The van der Waals surface area contributed by atoms with Gasteiger partial charge in [0.1, 0.15) is 5.69 Å². The Morgan fingerprint density at radius 2 is 1.70 bits per heavy atom. The Hall–Kier alpha value is -3.19. The minimum Gasteiger partial charge on any atom is -0.325 e. The molecule has 156 valence electrons. The third-order valence-electron chi connectivity index (χ3n) is 5.11. The highest BCUT2D eigenvalue weighted by atomic mass is 32.1. The number of nitrogens with one attached hydrogen (secondary N) is 2. The van der Waals surface area contributed by atoms with Gasteiger partial charge in [0.25, 0.3) is 5.56 Å². The van der Waals surface area contributed by atoms with Crippen LogP contribution < -0.4 is 16.3 Å². The number of benzene rings is 2. The molecule has 0 aliphatic carbocycles. The molecule has 1 aromatic heterocycles. The normalized spacial score (nSPS) is 11.6. The van der Waals surface area contributed by atoms with Gasteiger partial charge in [-0.25, -0.2) is 4.68 Å². The van der Waals surface area contributed by atoms with Gasteiger partial charge in [0.2, 0.25) is 0 Å². The van der Waals surface area contributed by atoms with Crippen LogP contribution in [0.3, 0.4) is 0 Å². The molecule has 0 radical (unpaired) electrons. The van der Waals surface area contributed by atoms with Crippen LogP contribution in [0.1, 0.15) is 43.5 Å². The molecule has 2 N–H and O–H groups in total. The SMILES string of the molecule is C/C(=N/NC(=S)Nc1c(C)n(C)n(-c2ccccc2)c1=O)c1ccc(C(C)C)cc1. The van der Waals surface area contributed by atoms with E-state index in [9.17, 15) is 4.79 Å². The maximum absolute atomic E-state index is 12.9. The van der Waals surface area contributed by atoms with E-state index in [0.717, 1.165) is 22.7 Å². The first-order valence-electron chi connectivity index (χ1n) is 9.85. The van der Waals surface area contributed by atoms with Crippen molar-refractivity contribution in [1.29, 1.82) is 0 Å². The Morgan fingerprint density at radius 3 is 2.30 bits per heavy atom. The van der Waals surface area contributed by atoms with E-state index in [1.54, 1.807) is 9.36 Å². The summed E-state index contributed by atoms with van der Waals surface area (Å²) in [7, 11) is 1.84. The van der Waals surface area contributed by atoms with E-state index in [-0.39, 0.29) is 10.7 Å². The predicted molar refractivity (Wildman–Crippen MR) is 128 cm³/mol. The highest BCUT2D eigenvalue weighted by Crippen LogP contribution is 2.15. The molecule has 2 aromatic carbocycles. The topological polar surface area (TPSA) is 63.4 Å². The average Bonchev–Trinajstić information content (AvgIpc) is 2.95. The summed E-state index contributed by atoms with van der Waals surface area (Å²) in [6, 6.07) is 17.8. The van der Waals surface area contributed by atoms with Gasteiger partial charge < -0.3 is 5.32 Å². The van der Waals surface area contributed by atoms with Crippen LogP contribution in [0.5, 0.6) is 0 Å². The predicted octanol–water partition coefficient (Wildman–Crippen LogP) is 4.32. The van der Waals surface area contributed by atoms with Crippen molar-refractivity contribution in [2.45, 2.75) is 33.6 Å². The van der Waals surface area contributed by atoms with Crippen LogP contribution in [0, 0.1) is 6.92 Å². The molecule has 0 saturated carbocycles. The molecule has 0 atom stereocenters. The zero-order valence-corrected chi connectivity index (χ0v) is 18.7. The quantitative estimate of drug-likeness (QED) is 0.366. The van der Waals surface area contributed by atoms with Crippen molar-refractivity contribution >= 4 is 28.7 Å². The molecule has 0 saturated heterocycles. The highest BCUT2D eigenvalue weighted by Gasteiger charge is 2.16. The average molecular weight is 422 g/mol. The molecule has 0 spiro atoms. The number of thiocarbonyl (C=S) groups is 1. The lowest BCUT2D eigenvalue weighted by atomic mass is 10.0. The molecule has 3 rings (SSSR count). The van der Waals surface area contributed by atoms with Crippen LogP contribution in [0.15, 0.2) is 64.5 Å². The molecule has 1 heterocycles. The number of nitrogens with zero attached hydrogens (tertiary/aromatic N) is 3. The van der Waals surface area contributed by atoms with Crippen molar-refractivity contribution in [2.24, 2.45) is 12.1 Å². The second-order valence-corrected chi connectivity index (χ2v) is 7.88. The van der Waals surface area contributed by atoms with Crippen LogP contribution in [0.25, 0.3) is 5.69 Å². The molecule has 3 aromatic rings. The molecule has 0 fully saturated rings. The van der Waals surface area contributed by atoms with Gasteiger partial charge in [-0.2, -0.15) is 5.10 Å². The minimum absolute atomic E-state index is 0.171. The minimum atomic E-state index is -0.171. The van der Waals surface area contributed by atoms with Crippen LogP contribution in [-0.2, 0) is 7.05 Å². The standard InChI is InChI=1S/C23H27N5OS/c1-15(2)18-11-13-19(14-12-18)16(3)25-26-23(30)24-21-17(4)27(5)28(22(21)29)20-9-7-6-8-10-20/h6-15H,1-5H3,(H2,24,26,30)/b25-16-. The zero-order chi connectivity index (χ0) is 21.8. The fraction of sp³-hybridized carbons (Fsp3) is 0.261. The van der Waals surface area contributed by atoms with E-state index in [2.05, 4.69) is 41.8 Å². The zero-order valence-electron chi connectivity index (χ0n) is 17.9. The Kier molecular flexibility index (Phi) is 6.52. The Bertz CT molecular complexity index is 1120. The van der Waals surface area contributed by atoms with E-state index in [1.807, 2.05) is 63.4 Å². The summed E-state index contributed by atoms with van der Waals surface area (Å²) in [5.41, 5.74) is 7.76. The fourth-order valence-corrected chi connectivity index (χ4v) is 3.31. The van der Waals surface area contributed by atoms with Crippen LogP contribution in [0.2, 0.25) is 0 Å². The van der Waals surface area contributed by atoms with Crippen molar-refractivity contribution in [1.82, 2.24) is 14.8 Å².